The smallest absolute Gasteiger partial charge is 0.265 e. The van der Waals surface area contributed by atoms with Crippen LogP contribution in [0.2, 0.25) is 0 Å². The van der Waals surface area contributed by atoms with Crippen LogP contribution in [0, 0.1) is 6.92 Å². The summed E-state index contributed by atoms with van der Waals surface area (Å²) in [5.41, 5.74) is 1.82. The van der Waals surface area contributed by atoms with E-state index < -0.39 is 0 Å². The lowest BCUT2D eigenvalue weighted by Crippen LogP contribution is -2.31. The Hall–Kier alpha value is -1.75. The fourth-order valence-corrected chi connectivity index (χ4v) is 3.15. The van der Waals surface area contributed by atoms with Gasteiger partial charge in [0.1, 0.15) is 9.88 Å². The van der Waals surface area contributed by atoms with Gasteiger partial charge in [-0.15, -0.1) is 11.3 Å². The zero-order chi connectivity index (χ0) is 15.2. The topological polar surface area (TPSA) is 46.1 Å². The van der Waals surface area contributed by atoms with E-state index in [0.717, 1.165) is 47.1 Å². The molecule has 0 unspecified atom stereocenters. The van der Waals surface area contributed by atoms with Crippen LogP contribution < -0.4 is 0 Å². The van der Waals surface area contributed by atoms with Gasteiger partial charge in [-0.25, -0.2) is 4.98 Å². The quantitative estimate of drug-likeness (QED) is 0.816. The van der Waals surface area contributed by atoms with Crippen molar-refractivity contribution in [3.05, 3.63) is 35.1 Å². The second-order valence-corrected chi connectivity index (χ2v) is 5.91. The number of carbonyl (C=O) groups is 1. The van der Waals surface area contributed by atoms with E-state index in [1.807, 2.05) is 30.9 Å². The molecule has 0 N–H and O–H groups in total. The van der Waals surface area contributed by atoms with Gasteiger partial charge in [-0.1, -0.05) is 13.3 Å². The molecule has 0 aliphatic carbocycles. The number of hydrogen-bond donors (Lipinski definition) is 0. The maximum atomic E-state index is 12.6. The molecule has 1 amide bonds. The third-order valence-electron chi connectivity index (χ3n) is 3.37. The number of hydrogen-bond acceptors (Lipinski definition) is 4. The van der Waals surface area contributed by atoms with Gasteiger partial charge in [-0.05, 0) is 32.4 Å². The van der Waals surface area contributed by atoms with Gasteiger partial charge < -0.3 is 4.90 Å². The summed E-state index contributed by atoms with van der Waals surface area (Å²) in [6.07, 6.45) is 5.61. The summed E-state index contributed by atoms with van der Waals surface area (Å²) >= 11 is 1.47. The first-order valence-electron chi connectivity index (χ1n) is 7.34. The van der Waals surface area contributed by atoms with E-state index in [0.29, 0.717) is 0 Å². The molecule has 0 radical (unpaired) electrons. The number of pyridine rings is 1. The predicted molar refractivity (Wildman–Crippen MR) is 86.6 cm³/mol. The molecule has 2 aromatic heterocycles. The van der Waals surface area contributed by atoms with Gasteiger partial charge in [-0.2, -0.15) is 0 Å². The van der Waals surface area contributed by atoms with E-state index in [1.165, 1.54) is 11.3 Å². The predicted octanol–water partition coefficient (Wildman–Crippen LogP) is 3.78. The highest BCUT2D eigenvalue weighted by molar-refractivity contribution is 7.17. The highest BCUT2D eigenvalue weighted by Crippen LogP contribution is 2.28. The van der Waals surface area contributed by atoms with Crippen LogP contribution >= 0.6 is 11.3 Å². The van der Waals surface area contributed by atoms with Crippen molar-refractivity contribution in [1.29, 1.82) is 0 Å². The van der Waals surface area contributed by atoms with Crippen molar-refractivity contribution < 1.29 is 4.79 Å². The molecule has 4 nitrogen and oxygen atoms in total. The van der Waals surface area contributed by atoms with Gasteiger partial charge in [0.25, 0.3) is 5.91 Å². The van der Waals surface area contributed by atoms with Gasteiger partial charge in [0.15, 0.2) is 0 Å². The molecular weight excluding hydrogens is 282 g/mol. The highest BCUT2D eigenvalue weighted by atomic mass is 32.1. The first kappa shape index (κ1) is 15.6. The monoisotopic (exact) mass is 303 g/mol. The minimum absolute atomic E-state index is 0.0984. The summed E-state index contributed by atoms with van der Waals surface area (Å²) in [5.74, 6) is 0.0984. The van der Waals surface area contributed by atoms with Crippen LogP contribution in [0.4, 0.5) is 0 Å². The highest BCUT2D eigenvalue weighted by Gasteiger charge is 2.20. The maximum absolute atomic E-state index is 12.6. The van der Waals surface area contributed by atoms with Gasteiger partial charge in [-0.3, -0.25) is 9.78 Å². The average molecular weight is 303 g/mol. The molecule has 112 valence electrons. The first-order chi connectivity index (χ1) is 10.2. The van der Waals surface area contributed by atoms with Gasteiger partial charge >= 0.3 is 0 Å². The van der Waals surface area contributed by atoms with Gasteiger partial charge in [0.05, 0.1) is 5.69 Å². The summed E-state index contributed by atoms with van der Waals surface area (Å²) in [5, 5.41) is 0.879. The second kappa shape index (κ2) is 7.31. The van der Waals surface area contributed by atoms with Crippen LogP contribution in [-0.2, 0) is 0 Å². The summed E-state index contributed by atoms with van der Waals surface area (Å²) < 4.78 is 0. The molecule has 21 heavy (non-hydrogen) atoms. The first-order valence-corrected chi connectivity index (χ1v) is 8.16. The van der Waals surface area contributed by atoms with Crippen LogP contribution in [-0.4, -0.2) is 33.9 Å². The number of thiazole rings is 1. The number of carbonyl (C=O) groups excluding carboxylic acids is 1. The van der Waals surface area contributed by atoms with Crippen LogP contribution in [0.3, 0.4) is 0 Å². The Morgan fingerprint density at radius 3 is 2.62 bits per heavy atom. The SMILES string of the molecule is CCCCN(CC)C(=O)c1sc(-c2ccncc2)nc1C. The fourth-order valence-electron chi connectivity index (χ4n) is 2.11. The van der Waals surface area contributed by atoms with E-state index in [2.05, 4.69) is 16.9 Å². The molecule has 0 spiro atoms. The number of rotatable bonds is 6. The second-order valence-electron chi connectivity index (χ2n) is 4.91. The van der Waals surface area contributed by atoms with E-state index in [4.69, 9.17) is 0 Å². The van der Waals surface area contributed by atoms with Crippen molar-refractivity contribution in [2.45, 2.75) is 33.6 Å². The van der Waals surface area contributed by atoms with Crippen LogP contribution in [0.25, 0.3) is 10.6 Å². The van der Waals surface area contributed by atoms with Crippen LogP contribution in [0.15, 0.2) is 24.5 Å². The average Bonchev–Trinajstić information content (AvgIpc) is 2.90. The molecule has 0 aliphatic heterocycles. The van der Waals surface area contributed by atoms with E-state index in [-0.39, 0.29) is 5.91 Å². The van der Waals surface area contributed by atoms with Crippen molar-refractivity contribution >= 4 is 17.2 Å². The van der Waals surface area contributed by atoms with Gasteiger partial charge in [0, 0.05) is 31.0 Å². The Morgan fingerprint density at radius 2 is 2.00 bits per heavy atom. The molecule has 2 aromatic rings. The normalized spacial score (nSPS) is 10.6. The Kier molecular flexibility index (Phi) is 5.44. The standard InChI is InChI=1S/C16H21N3OS/c1-4-6-11-19(5-2)16(20)14-12(3)18-15(21-14)13-7-9-17-10-8-13/h7-10H,4-6,11H2,1-3H3. The van der Waals surface area contributed by atoms with Crippen molar-refractivity contribution in [2.24, 2.45) is 0 Å². The summed E-state index contributed by atoms with van der Waals surface area (Å²) in [7, 11) is 0. The lowest BCUT2D eigenvalue weighted by atomic mass is 10.2. The molecule has 2 heterocycles. The summed E-state index contributed by atoms with van der Waals surface area (Å²) in [6, 6.07) is 3.84. The third-order valence-corrected chi connectivity index (χ3v) is 4.56. The molecule has 0 atom stereocenters. The molecule has 5 heteroatoms. The van der Waals surface area contributed by atoms with Crippen LogP contribution in [0.5, 0.6) is 0 Å². The van der Waals surface area contributed by atoms with Crippen LogP contribution in [0.1, 0.15) is 42.1 Å². The van der Waals surface area contributed by atoms with E-state index in [1.54, 1.807) is 12.4 Å². The zero-order valence-electron chi connectivity index (χ0n) is 12.8. The fraction of sp³-hybridized carbons (Fsp3) is 0.438. The largest absolute Gasteiger partial charge is 0.338 e. The zero-order valence-corrected chi connectivity index (χ0v) is 13.6. The van der Waals surface area contributed by atoms with Crippen molar-refractivity contribution in [3.8, 4) is 10.6 Å². The summed E-state index contributed by atoms with van der Waals surface area (Å²) in [6.45, 7) is 7.61. The molecule has 2 rings (SSSR count). The van der Waals surface area contributed by atoms with Gasteiger partial charge in [0.2, 0.25) is 0 Å². The minimum Gasteiger partial charge on any atom is -0.338 e. The lowest BCUT2D eigenvalue weighted by molar-refractivity contribution is 0.0766. The number of aryl methyl sites for hydroxylation is 1. The van der Waals surface area contributed by atoms with Crippen molar-refractivity contribution in [3.63, 3.8) is 0 Å². The number of amides is 1. The third kappa shape index (κ3) is 3.67. The number of unbranched alkanes of at least 4 members (excludes halogenated alkanes) is 1. The molecule has 0 saturated carbocycles. The lowest BCUT2D eigenvalue weighted by Gasteiger charge is -2.19. The van der Waals surface area contributed by atoms with E-state index in [9.17, 15) is 4.79 Å². The molecule has 0 aliphatic rings. The maximum Gasteiger partial charge on any atom is 0.265 e. The number of nitrogens with zero attached hydrogens (tertiary/aromatic N) is 3. The minimum atomic E-state index is 0.0984. The van der Waals surface area contributed by atoms with Crippen molar-refractivity contribution in [2.75, 3.05) is 13.1 Å². The molecule has 0 saturated heterocycles. The molecular formula is C16H21N3OS. The Labute approximate surface area is 129 Å². The Morgan fingerprint density at radius 1 is 1.29 bits per heavy atom. The summed E-state index contributed by atoms with van der Waals surface area (Å²) in [4.78, 5) is 23.8. The van der Waals surface area contributed by atoms with E-state index >= 15 is 0 Å². The van der Waals surface area contributed by atoms with Crippen molar-refractivity contribution in [1.82, 2.24) is 14.9 Å². The molecule has 0 bridgehead atoms. The number of aromatic nitrogens is 2. The molecule has 0 aromatic carbocycles. The Bertz CT molecular complexity index is 595. The Balaban J connectivity index is 2.24. The molecule has 0 fully saturated rings.